The smallest absolute Gasteiger partial charge is 0.137 e. The van der Waals surface area contributed by atoms with Crippen molar-refractivity contribution >= 4 is 5.57 Å². The van der Waals surface area contributed by atoms with Gasteiger partial charge in [-0.15, -0.1) is 0 Å². The number of hydrogen-bond acceptors (Lipinski definition) is 3. The largest absolute Gasteiger partial charge is 0.378 e. The lowest BCUT2D eigenvalue weighted by molar-refractivity contribution is 0.0726. The maximum absolute atomic E-state index is 14.4. The van der Waals surface area contributed by atoms with Crippen molar-refractivity contribution < 1.29 is 18.3 Å². The molecule has 1 aromatic heterocycles. The minimum absolute atomic E-state index is 0.119. The van der Waals surface area contributed by atoms with Crippen molar-refractivity contribution in [2.75, 3.05) is 0 Å². The molecule has 7 heteroatoms. The highest BCUT2D eigenvalue weighted by Gasteiger charge is 2.37. The third-order valence-corrected chi connectivity index (χ3v) is 3.93. The third-order valence-electron chi connectivity index (χ3n) is 3.93. The maximum Gasteiger partial charge on any atom is 0.137 e. The SMILES string of the molecule is C=C(c1ccc(F)cc1)[C@@](O)(Cn1cncn1)c1ccc(F)cc1F. The van der Waals surface area contributed by atoms with Gasteiger partial charge in [-0.25, -0.2) is 22.8 Å². The zero-order chi connectivity index (χ0) is 18.0. The quantitative estimate of drug-likeness (QED) is 0.772. The molecule has 3 rings (SSSR count). The molecular formula is C18H14F3N3O. The first-order valence-electron chi connectivity index (χ1n) is 7.36. The van der Waals surface area contributed by atoms with Crippen molar-refractivity contribution in [1.29, 1.82) is 0 Å². The molecule has 0 aliphatic rings. The molecule has 25 heavy (non-hydrogen) atoms. The first kappa shape index (κ1) is 16.9. The standard InChI is InChI=1S/C18H14F3N3O/c1-12(13-2-4-14(19)5-3-13)18(25,9-24-11-22-10-23-24)16-7-6-15(20)8-17(16)21/h2-8,10-11,25H,1,9H2/t18-/m0/s1. The first-order valence-corrected chi connectivity index (χ1v) is 7.36. The predicted molar refractivity (Wildman–Crippen MR) is 85.7 cm³/mol. The van der Waals surface area contributed by atoms with Crippen LogP contribution in [0.3, 0.4) is 0 Å². The lowest BCUT2D eigenvalue weighted by Crippen LogP contribution is -2.34. The Morgan fingerprint density at radius 1 is 1.08 bits per heavy atom. The van der Waals surface area contributed by atoms with Crippen LogP contribution in [0.25, 0.3) is 5.57 Å². The van der Waals surface area contributed by atoms with Crippen LogP contribution in [0.2, 0.25) is 0 Å². The van der Waals surface area contributed by atoms with Crippen molar-refractivity contribution in [2.45, 2.75) is 12.1 Å². The summed E-state index contributed by atoms with van der Waals surface area (Å²) in [5.41, 5.74) is -1.58. The molecule has 0 saturated carbocycles. The van der Waals surface area contributed by atoms with E-state index in [9.17, 15) is 18.3 Å². The van der Waals surface area contributed by atoms with Gasteiger partial charge in [0.25, 0.3) is 0 Å². The van der Waals surface area contributed by atoms with E-state index in [-0.39, 0.29) is 17.7 Å². The summed E-state index contributed by atoms with van der Waals surface area (Å²) >= 11 is 0. The molecule has 0 amide bonds. The fraction of sp³-hybridized carbons (Fsp3) is 0.111. The van der Waals surface area contributed by atoms with Crippen LogP contribution >= 0.6 is 0 Å². The topological polar surface area (TPSA) is 50.9 Å². The minimum Gasteiger partial charge on any atom is -0.378 e. The van der Waals surface area contributed by atoms with Crippen LogP contribution < -0.4 is 0 Å². The second-order valence-electron chi connectivity index (χ2n) is 5.56. The average Bonchev–Trinajstić information content (AvgIpc) is 3.07. The van der Waals surface area contributed by atoms with Crippen LogP contribution in [0, 0.1) is 17.5 Å². The van der Waals surface area contributed by atoms with Gasteiger partial charge in [-0.2, -0.15) is 5.10 Å². The van der Waals surface area contributed by atoms with Gasteiger partial charge in [-0.3, -0.25) is 0 Å². The number of nitrogens with zero attached hydrogens (tertiary/aromatic N) is 3. The number of benzene rings is 2. The molecule has 0 radical (unpaired) electrons. The lowest BCUT2D eigenvalue weighted by Gasteiger charge is -2.31. The van der Waals surface area contributed by atoms with Gasteiger partial charge in [0.05, 0.1) is 6.54 Å². The molecule has 4 nitrogen and oxygen atoms in total. The molecule has 1 atom stereocenters. The Kier molecular flexibility index (Phi) is 4.41. The van der Waals surface area contributed by atoms with E-state index in [4.69, 9.17) is 0 Å². The van der Waals surface area contributed by atoms with E-state index in [2.05, 4.69) is 16.7 Å². The molecule has 0 spiro atoms. The number of hydrogen-bond donors (Lipinski definition) is 1. The van der Waals surface area contributed by atoms with E-state index in [1.54, 1.807) is 0 Å². The zero-order valence-electron chi connectivity index (χ0n) is 13.0. The van der Waals surface area contributed by atoms with E-state index in [1.165, 1.54) is 41.6 Å². The van der Waals surface area contributed by atoms with Crippen LogP contribution in [0.4, 0.5) is 13.2 Å². The van der Waals surface area contributed by atoms with Crippen molar-refractivity contribution in [3.8, 4) is 0 Å². The highest BCUT2D eigenvalue weighted by atomic mass is 19.1. The molecule has 2 aromatic carbocycles. The fourth-order valence-electron chi connectivity index (χ4n) is 2.61. The van der Waals surface area contributed by atoms with Gasteiger partial charge in [-0.1, -0.05) is 18.7 Å². The van der Waals surface area contributed by atoms with Crippen LogP contribution in [-0.2, 0) is 12.1 Å². The predicted octanol–water partition coefficient (Wildman–Crippen LogP) is 3.30. The maximum atomic E-state index is 14.4. The molecule has 0 aliphatic carbocycles. The molecule has 0 unspecified atom stereocenters. The summed E-state index contributed by atoms with van der Waals surface area (Å²) in [4.78, 5) is 3.79. The van der Waals surface area contributed by atoms with Crippen molar-refractivity contribution in [3.63, 3.8) is 0 Å². The van der Waals surface area contributed by atoms with Gasteiger partial charge in [-0.05, 0) is 35.4 Å². The summed E-state index contributed by atoms with van der Waals surface area (Å²) in [7, 11) is 0. The zero-order valence-corrected chi connectivity index (χ0v) is 13.0. The summed E-state index contributed by atoms with van der Waals surface area (Å²) in [5.74, 6) is -2.15. The Bertz CT molecular complexity index is 894. The van der Waals surface area contributed by atoms with Crippen LogP contribution in [0.15, 0.2) is 61.7 Å². The van der Waals surface area contributed by atoms with E-state index in [1.807, 2.05) is 0 Å². The Morgan fingerprint density at radius 3 is 2.36 bits per heavy atom. The molecule has 0 aliphatic heterocycles. The van der Waals surface area contributed by atoms with Gasteiger partial charge in [0, 0.05) is 11.6 Å². The van der Waals surface area contributed by atoms with E-state index < -0.39 is 23.1 Å². The first-order chi connectivity index (χ1) is 11.9. The van der Waals surface area contributed by atoms with E-state index in [0.717, 1.165) is 12.1 Å². The molecular weight excluding hydrogens is 331 g/mol. The Morgan fingerprint density at radius 2 is 1.76 bits per heavy atom. The van der Waals surface area contributed by atoms with Crippen molar-refractivity contribution in [2.24, 2.45) is 0 Å². The third kappa shape index (κ3) is 3.32. The van der Waals surface area contributed by atoms with Crippen molar-refractivity contribution in [1.82, 2.24) is 14.8 Å². The molecule has 0 fully saturated rings. The number of rotatable bonds is 5. The Hall–Kier alpha value is -2.93. The van der Waals surface area contributed by atoms with E-state index in [0.29, 0.717) is 11.6 Å². The van der Waals surface area contributed by atoms with Crippen LogP contribution in [0.1, 0.15) is 11.1 Å². The second-order valence-corrected chi connectivity index (χ2v) is 5.56. The monoisotopic (exact) mass is 345 g/mol. The summed E-state index contributed by atoms with van der Waals surface area (Å²) in [6.07, 6.45) is 2.62. The van der Waals surface area contributed by atoms with Gasteiger partial charge < -0.3 is 5.11 Å². The molecule has 128 valence electrons. The molecule has 0 bridgehead atoms. The number of aromatic nitrogens is 3. The van der Waals surface area contributed by atoms with E-state index >= 15 is 0 Å². The summed E-state index contributed by atoms with van der Waals surface area (Å²) in [6.45, 7) is 3.65. The molecule has 0 saturated heterocycles. The van der Waals surface area contributed by atoms with Gasteiger partial charge >= 0.3 is 0 Å². The highest BCUT2D eigenvalue weighted by molar-refractivity contribution is 5.72. The van der Waals surface area contributed by atoms with Gasteiger partial charge in [0.2, 0.25) is 0 Å². The molecule has 1 heterocycles. The minimum atomic E-state index is -1.94. The Labute approximate surface area is 141 Å². The summed E-state index contributed by atoms with van der Waals surface area (Å²) in [5, 5.41) is 15.2. The molecule has 3 aromatic rings. The van der Waals surface area contributed by atoms with Crippen LogP contribution in [-0.4, -0.2) is 19.9 Å². The van der Waals surface area contributed by atoms with Gasteiger partial charge in [0.1, 0.15) is 35.7 Å². The summed E-state index contributed by atoms with van der Waals surface area (Å²) in [6, 6.07) is 8.13. The lowest BCUT2D eigenvalue weighted by atomic mass is 9.82. The Balaban J connectivity index is 2.10. The number of aliphatic hydroxyl groups is 1. The second kappa shape index (κ2) is 6.52. The highest BCUT2D eigenvalue weighted by Crippen LogP contribution is 2.38. The van der Waals surface area contributed by atoms with Gasteiger partial charge in [0.15, 0.2) is 0 Å². The summed E-state index contributed by atoms with van der Waals surface area (Å²) < 4.78 is 42.1. The molecule has 1 N–H and O–H groups in total. The number of halogens is 3. The fourth-order valence-corrected chi connectivity index (χ4v) is 2.61. The average molecular weight is 345 g/mol. The van der Waals surface area contributed by atoms with Crippen molar-refractivity contribution in [3.05, 3.63) is 90.3 Å². The van der Waals surface area contributed by atoms with Crippen LogP contribution in [0.5, 0.6) is 0 Å². The normalized spacial score (nSPS) is 13.4.